The Kier molecular flexibility index (Phi) is 6.45. The minimum Gasteiger partial charge on any atom is -0.384 e. The average Bonchev–Trinajstić information content (AvgIpc) is 2.41. The molecule has 114 valence electrons. The third-order valence-corrected chi connectivity index (χ3v) is 3.15. The van der Waals surface area contributed by atoms with Crippen LogP contribution in [0.5, 0.6) is 0 Å². The molecule has 0 aliphatic carbocycles. The maximum absolute atomic E-state index is 12.8. The maximum atomic E-state index is 12.8. The summed E-state index contributed by atoms with van der Waals surface area (Å²) in [4.78, 5) is 14.7. The van der Waals surface area contributed by atoms with Gasteiger partial charge in [0.1, 0.15) is 6.61 Å². The Balaban J connectivity index is 3.21. The Morgan fingerprint density at radius 2 is 1.95 bits per heavy atom. The smallest absolute Gasteiger partial charge is 0.255 e. The first-order chi connectivity index (χ1) is 9.86. The lowest BCUT2D eigenvalue weighted by Gasteiger charge is -2.29. The lowest BCUT2D eigenvalue weighted by Crippen LogP contribution is -2.39. The van der Waals surface area contributed by atoms with E-state index in [0.717, 1.165) is 12.1 Å². The minimum absolute atomic E-state index is 0.000870. The number of carbonyl (C=O) groups excluding carboxylic acids is 1. The van der Waals surface area contributed by atoms with Crippen molar-refractivity contribution in [1.29, 1.82) is 0 Å². The number of amides is 1. The van der Waals surface area contributed by atoms with Crippen LogP contribution in [-0.2, 0) is 0 Å². The molecule has 0 aliphatic rings. The monoisotopic (exact) mass is 287 g/mol. The summed E-state index contributed by atoms with van der Waals surface area (Å²) in [6, 6.07) is 5.78. The van der Waals surface area contributed by atoms with Gasteiger partial charge in [-0.05, 0) is 44.4 Å². The van der Waals surface area contributed by atoms with Crippen LogP contribution in [0.1, 0.15) is 49.2 Å². The van der Waals surface area contributed by atoms with Gasteiger partial charge in [0.25, 0.3) is 5.91 Å². The molecule has 3 nitrogen and oxygen atoms in total. The van der Waals surface area contributed by atoms with Gasteiger partial charge in [0.2, 0.25) is 0 Å². The van der Waals surface area contributed by atoms with Gasteiger partial charge < -0.3 is 10.0 Å². The number of aliphatic hydroxyl groups excluding tert-OH is 1. The zero-order valence-corrected chi connectivity index (χ0v) is 13.6. The molecule has 0 fully saturated rings. The van der Waals surface area contributed by atoms with E-state index in [4.69, 9.17) is 5.11 Å². The van der Waals surface area contributed by atoms with E-state index in [1.165, 1.54) is 0 Å². The first kappa shape index (κ1) is 17.3. The van der Waals surface area contributed by atoms with E-state index in [1.807, 2.05) is 43.9 Å². The molecule has 0 atom stereocenters. The first-order valence-electron chi connectivity index (χ1n) is 7.38. The van der Waals surface area contributed by atoms with Crippen molar-refractivity contribution in [1.82, 2.24) is 4.90 Å². The van der Waals surface area contributed by atoms with E-state index in [2.05, 4.69) is 25.7 Å². The van der Waals surface area contributed by atoms with Crippen LogP contribution in [0.2, 0.25) is 0 Å². The normalized spacial score (nSPS) is 10.5. The third kappa shape index (κ3) is 4.91. The van der Waals surface area contributed by atoms with Crippen molar-refractivity contribution in [3.05, 3.63) is 34.9 Å². The number of aliphatic hydroxyl groups is 1. The van der Waals surface area contributed by atoms with Crippen molar-refractivity contribution in [3.63, 3.8) is 0 Å². The summed E-state index contributed by atoms with van der Waals surface area (Å²) in [7, 11) is 0. The van der Waals surface area contributed by atoms with Gasteiger partial charge in [-0.15, -0.1) is 0 Å². The number of aryl methyl sites for hydroxylation is 1. The second kappa shape index (κ2) is 7.85. The minimum atomic E-state index is -0.207. The molecule has 0 heterocycles. The first-order valence-corrected chi connectivity index (χ1v) is 7.38. The summed E-state index contributed by atoms with van der Waals surface area (Å²) in [6.45, 7) is 10.7. The number of rotatable bonds is 4. The molecule has 0 spiro atoms. The van der Waals surface area contributed by atoms with Gasteiger partial charge in [-0.25, -0.2) is 0 Å². The van der Waals surface area contributed by atoms with Gasteiger partial charge in [0, 0.05) is 18.2 Å². The molecule has 0 saturated carbocycles. The predicted octanol–water partition coefficient (Wildman–Crippen LogP) is 2.85. The van der Waals surface area contributed by atoms with Gasteiger partial charge in [0.15, 0.2) is 0 Å². The summed E-state index contributed by atoms with van der Waals surface area (Å²) in [5.41, 5.74) is 2.34. The Hall–Kier alpha value is -1.79. The molecule has 1 rings (SSSR count). The van der Waals surface area contributed by atoms with Gasteiger partial charge in [0.05, 0.1) is 5.56 Å². The second-order valence-corrected chi connectivity index (χ2v) is 5.95. The zero-order chi connectivity index (χ0) is 16.0. The molecule has 1 aromatic carbocycles. The number of nitrogens with zero attached hydrogens (tertiary/aromatic N) is 1. The van der Waals surface area contributed by atoms with E-state index >= 15 is 0 Å². The molecule has 3 heteroatoms. The molecular formula is C18H25NO2. The van der Waals surface area contributed by atoms with Crippen LogP contribution < -0.4 is 0 Å². The molecule has 0 unspecified atom stereocenters. The molecule has 0 aromatic heterocycles. The Morgan fingerprint density at radius 1 is 1.29 bits per heavy atom. The number of benzene rings is 1. The Bertz CT molecular complexity index is 550. The van der Waals surface area contributed by atoms with Crippen LogP contribution in [0.15, 0.2) is 18.2 Å². The molecule has 0 aliphatic heterocycles. The van der Waals surface area contributed by atoms with Crippen molar-refractivity contribution >= 4 is 5.91 Å². The molecule has 1 N–H and O–H groups in total. The fraction of sp³-hybridized carbons (Fsp3) is 0.500. The average molecular weight is 287 g/mol. The number of hydrogen-bond acceptors (Lipinski definition) is 2. The van der Waals surface area contributed by atoms with Gasteiger partial charge in [-0.1, -0.05) is 31.8 Å². The van der Waals surface area contributed by atoms with Gasteiger partial charge in [-0.3, -0.25) is 4.79 Å². The van der Waals surface area contributed by atoms with Crippen molar-refractivity contribution < 1.29 is 9.90 Å². The Morgan fingerprint density at radius 3 is 2.48 bits per heavy atom. The molecular weight excluding hydrogens is 262 g/mol. The molecule has 1 aromatic rings. The highest BCUT2D eigenvalue weighted by molar-refractivity contribution is 5.97. The number of hydrogen-bond donors (Lipinski definition) is 1. The largest absolute Gasteiger partial charge is 0.384 e. The van der Waals surface area contributed by atoms with Crippen molar-refractivity contribution in [3.8, 4) is 11.8 Å². The van der Waals surface area contributed by atoms with Crippen molar-refractivity contribution in [2.24, 2.45) is 5.92 Å². The molecule has 21 heavy (non-hydrogen) atoms. The molecule has 1 amide bonds. The maximum Gasteiger partial charge on any atom is 0.255 e. The predicted molar refractivity (Wildman–Crippen MR) is 86.2 cm³/mol. The third-order valence-electron chi connectivity index (χ3n) is 3.15. The second-order valence-electron chi connectivity index (χ2n) is 5.95. The van der Waals surface area contributed by atoms with Crippen LogP contribution in [0.4, 0.5) is 0 Å². The standard InChI is InChI=1S/C18H25NO2/c1-13(2)12-19(14(3)4)18(21)17-9-8-15(5)11-16(17)7-6-10-20/h8-9,11,13-14,20H,10,12H2,1-5H3. The summed E-state index contributed by atoms with van der Waals surface area (Å²) in [5.74, 6) is 5.93. The topological polar surface area (TPSA) is 40.5 Å². The van der Waals surface area contributed by atoms with E-state index in [1.54, 1.807) is 0 Å². The molecule has 0 bridgehead atoms. The van der Waals surface area contributed by atoms with Gasteiger partial charge >= 0.3 is 0 Å². The van der Waals surface area contributed by atoms with Crippen LogP contribution in [0, 0.1) is 24.7 Å². The summed E-state index contributed by atoms with van der Waals surface area (Å²) < 4.78 is 0. The highest BCUT2D eigenvalue weighted by Gasteiger charge is 2.21. The van der Waals surface area contributed by atoms with Crippen LogP contribution in [-0.4, -0.2) is 35.1 Å². The molecule has 0 saturated heterocycles. The summed E-state index contributed by atoms with van der Waals surface area (Å²) in [6.07, 6.45) is 0. The van der Waals surface area contributed by atoms with E-state index in [9.17, 15) is 4.79 Å². The SMILES string of the molecule is Cc1ccc(C(=O)N(CC(C)C)C(C)C)c(C#CCO)c1. The van der Waals surface area contributed by atoms with Crippen LogP contribution in [0.25, 0.3) is 0 Å². The van der Waals surface area contributed by atoms with Crippen LogP contribution >= 0.6 is 0 Å². The van der Waals surface area contributed by atoms with Crippen LogP contribution in [0.3, 0.4) is 0 Å². The summed E-state index contributed by atoms with van der Waals surface area (Å²) >= 11 is 0. The quantitative estimate of drug-likeness (QED) is 0.865. The lowest BCUT2D eigenvalue weighted by molar-refractivity contribution is 0.0681. The van der Waals surface area contributed by atoms with E-state index < -0.39 is 0 Å². The lowest BCUT2D eigenvalue weighted by atomic mass is 10.0. The van der Waals surface area contributed by atoms with Crippen molar-refractivity contribution in [2.45, 2.75) is 40.7 Å². The fourth-order valence-corrected chi connectivity index (χ4v) is 2.16. The fourth-order valence-electron chi connectivity index (χ4n) is 2.16. The zero-order valence-electron chi connectivity index (χ0n) is 13.6. The van der Waals surface area contributed by atoms with Crippen molar-refractivity contribution in [2.75, 3.05) is 13.2 Å². The Labute approximate surface area is 128 Å². The van der Waals surface area contributed by atoms with E-state index in [-0.39, 0.29) is 18.6 Å². The summed E-state index contributed by atoms with van der Waals surface area (Å²) in [5, 5.41) is 8.87. The molecule has 0 radical (unpaired) electrons. The van der Waals surface area contributed by atoms with Gasteiger partial charge in [-0.2, -0.15) is 0 Å². The van der Waals surface area contributed by atoms with E-state index in [0.29, 0.717) is 17.0 Å². The highest BCUT2D eigenvalue weighted by atomic mass is 16.2. The highest BCUT2D eigenvalue weighted by Crippen LogP contribution is 2.16. The number of carbonyl (C=O) groups is 1.